The fourth-order valence-corrected chi connectivity index (χ4v) is 0.880. The summed E-state index contributed by atoms with van der Waals surface area (Å²) in [7, 11) is 0. The van der Waals surface area contributed by atoms with Crippen molar-refractivity contribution in [2.75, 3.05) is 13.2 Å². The molecule has 0 heterocycles. The molecule has 0 aliphatic carbocycles. The van der Waals surface area contributed by atoms with Crippen molar-refractivity contribution >= 4 is 11.9 Å². The second-order valence-electron chi connectivity index (χ2n) is 4.58. The molecule has 17 heavy (non-hydrogen) atoms. The Bertz CT molecular complexity index is 307. The van der Waals surface area contributed by atoms with Gasteiger partial charge in [0.1, 0.15) is 5.60 Å². The molecule has 0 aliphatic rings. The van der Waals surface area contributed by atoms with Gasteiger partial charge in [-0.2, -0.15) is 0 Å². The second-order valence-corrected chi connectivity index (χ2v) is 4.58. The van der Waals surface area contributed by atoms with E-state index in [0.29, 0.717) is 0 Å². The fourth-order valence-electron chi connectivity index (χ4n) is 0.880. The first-order valence-corrected chi connectivity index (χ1v) is 5.08. The lowest BCUT2D eigenvalue weighted by atomic mass is 10.0. The Hall–Kier alpha value is -1.40. The van der Waals surface area contributed by atoms with Crippen LogP contribution in [0.5, 0.6) is 0 Å². The van der Waals surface area contributed by atoms with Gasteiger partial charge in [0.25, 0.3) is 0 Å². The van der Waals surface area contributed by atoms with E-state index in [0.717, 1.165) is 0 Å². The maximum absolute atomic E-state index is 11.7. The van der Waals surface area contributed by atoms with Gasteiger partial charge in [-0.3, -0.25) is 0 Å². The number of aliphatic carboxylic acids is 1. The minimum atomic E-state index is -2.20. The summed E-state index contributed by atoms with van der Waals surface area (Å²) < 4.78 is 9.86. The molecule has 0 fully saturated rings. The van der Waals surface area contributed by atoms with Crippen LogP contribution in [0, 0.1) is 0 Å². The SMILES string of the molecule is C=CCOC[C@@](N)(C(=O)O)C(=O)OC(C)(C)C. The summed E-state index contributed by atoms with van der Waals surface area (Å²) in [6, 6.07) is 0. The zero-order valence-corrected chi connectivity index (χ0v) is 10.4. The predicted octanol–water partition coefficient (Wildman–Crippen LogP) is 0.313. The van der Waals surface area contributed by atoms with Crippen LogP contribution < -0.4 is 5.73 Å². The van der Waals surface area contributed by atoms with Crippen molar-refractivity contribution in [2.24, 2.45) is 5.73 Å². The Morgan fingerprint density at radius 2 is 1.94 bits per heavy atom. The van der Waals surface area contributed by atoms with Gasteiger partial charge >= 0.3 is 11.9 Å². The van der Waals surface area contributed by atoms with Crippen molar-refractivity contribution < 1.29 is 24.2 Å². The van der Waals surface area contributed by atoms with Gasteiger partial charge < -0.3 is 20.3 Å². The zero-order chi connectivity index (χ0) is 13.7. The monoisotopic (exact) mass is 245 g/mol. The minimum Gasteiger partial charge on any atom is -0.479 e. The molecule has 0 unspecified atom stereocenters. The summed E-state index contributed by atoms with van der Waals surface area (Å²) in [5.74, 6) is -2.52. The molecular formula is C11H19NO5. The van der Waals surface area contributed by atoms with Gasteiger partial charge in [-0.05, 0) is 20.8 Å². The van der Waals surface area contributed by atoms with Crippen molar-refractivity contribution in [1.29, 1.82) is 0 Å². The Balaban J connectivity index is 4.76. The van der Waals surface area contributed by atoms with Gasteiger partial charge in [-0.1, -0.05) is 6.08 Å². The van der Waals surface area contributed by atoms with Crippen molar-refractivity contribution in [3.63, 3.8) is 0 Å². The molecule has 0 amide bonds. The highest BCUT2D eigenvalue weighted by atomic mass is 16.6. The van der Waals surface area contributed by atoms with Crippen LogP contribution in [0.1, 0.15) is 20.8 Å². The molecule has 0 saturated heterocycles. The molecule has 6 heteroatoms. The number of carboxylic acids is 1. The highest BCUT2D eigenvalue weighted by Gasteiger charge is 2.46. The van der Waals surface area contributed by atoms with Crippen LogP contribution in [-0.4, -0.2) is 41.4 Å². The quantitative estimate of drug-likeness (QED) is 0.302. The van der Waals surface area contributed by atoms with E-state index in [1.807, 2.05) is 0 Å². The molecule has 98 valence electrons. The van der Waals surface area contributed by atoms with E-state index in [4.69, 9.17) is 20.3 Å². The average Bonchev–Trinajstić information content (AvgIpc) is 2.14. The molecular weight excluding hydrogens is 226 g/mol. The standard InChI is InChI=1S/C11H19NO5/c1-5-6-16-7-11(12,8(13)14)9(15)17-10(2,3)4/h5H,1,6-7,12H2,2-4H3,(H,13,14)/t11-/m1/s1. The Morgan fingerprint density at radius 1 is 1.41 bits per heavy atom. The van der Waals surface area contributed by atoms with Gasteiger partial charge in [-0.25, -0.2) is 9.59 Å². The number of carbonyl (C=O) groups excluding carboxylic acids is 1. The molecule has 1 atom stereocenters. The van der Waals surface area contributed by atoms with Crippen LogP contribution in [0.4, 0.5) is 0 Å². The van der Waals surface area contributed by atoms with E-state index in [1.54, 1.807) is 20.8 Å². The van der Waals surface area contributed by atoms with Gasteiger partial charge in [0.05, 0.1) is 13.2 Å². The second kappa shape index (κ2) is 5.79. The van der Waals surface area contributed by atoms with Crippen LogP contribution in [0.25, 0.3) is 0 Å². The zero-order valence-electron chi connectivity index (χ0n) is 10.4. The third kappa shape index (κ3) is 4.97. The van der Waals surface area contributed by atoms with Crippen LogP contribution in [0.2, 0.25) is 0 Å². The Labute approximate surface area is 100 Å². The first kappa shape index (κ1) is 15.6. The van der Waals surface area contributed by atoms with E-state index in [2.05, 4.69) is 6.58 Å². The highest BCUT2D eigenvalue weighted by Crippen LogP contribution is 2.14. The molecule has 0 aromatic heterocycles. The first-order chi connectivity index (χ1) is 7.63. The number of nitrogens with two attached hydrogens (primary N) is 1. The van der Waals surface area contributed by atoms with E-state index >= 15 is 0 Å². The van der Waals surface area contributed by atoms with Gasteiger partial charge in [-0.15, -0.1) is 6.58 Å². The number of rotatable bonds is 6. The Kier molecular flexibility index (Phi) is 5.31. The number of esters is 1. The van der Waals surface area contributed by atoms with Crippen LogP contribution in [-0.2, 0) is 19.1 Å². The summed E-state index contributed by atoms with van der Waals surface area (Å²) >= 11 is 0. The minimum absolute atomic E-state index is 0.106. The van der Waals surface area contributed by atoms with Crippen molar-refractivity contribution in [2.45, 2.75) is 31.9 Å². The van der Waals surface area contributed by atoms with Crippen LogP contribution in [0.3, 0.4) is 0 Å². The highest BCUT2D eigenvalue weighted by molar-refractivity contribution is 6.04. The molecule has 6 nitrogen and oxygen atoms in total. The molecule has 0 spiro atoms. The molecule has 0 aliphatic heterocycles. The predicted molar refractivity (Wildman–Crippen MR) is 61.4 cm³/mol. The number of ether oxygens (including phenoxy) is 2. The molecule has 0 bridgehead atoms. The van der Waals surface area contributed by atoms with Gasteiger partial charge in [0.2, 0.25) is 5.54 Å². The maximum Gasteiger partial charge on any atom is 0.340 e. The molecule has 0 saturated carbocycles. The number of hydrogen-bond donors (Lipinski definition) is 2. The topological polar surface area (TPSA) is 98.9 Å². The summed E-state index contributed by atoms with van der Waals surface area (Å²) in [5.41, 5.74) is 2.49. The fraction of sp³-hybridized carbons (Fsp3) is 0.636. The molecule has 0 radical (unpaired) electrons. The van der Waals surface area contributed by atoms with Crippen LogP contribution in [0.15, 0.2) is 12.7 Å². The maximum atomic E-state index is 11.7. The third-order valence-corrected chi connectivity index (χ3v) is 1.71. The lowest BCUT2D eigenvalue weighted by Crippen LogP contribution is -2.60. The van der Waals surface area contributed by atoms with E-state index in [1.165, 1.54) is 6.08 Å². The number of carbonyl (C=O) groups is 2. The lowest BCUT2D eigenvalue weighted by molar-refractivity contribution is -0.172. The van der Waals surface area contributed by atoms with Gasteiger partial charge in [0, 0.05) is 0 Å². The molecule has 0 aromatic rings. The number of hydrogen-bond acceptors (Lipinski definition) is 5. The van der Waals surface area contributed by atoms with E-state index in [9.17, 15) is 9.59 Å². The number of carboxylic acid groups (broad SMARTS) is 1. The summed E-state index contributed by atoms with van der Waals surface area (Å²) in [5, 5.41) is 8.97. The molecule has 0 aromatic carbocycles. The lowest BCUT2D eigenvalue weighted by Gasteiger charge is -2.27. The van der Waals surface area contributed by atoms with Gasteiger partial charge in [0.15, 0.2) is 0 Å². The smallest absolute Gasteiger partial charge is 0.340 e. The first-order valence-electron chi connectivity index (χ1n) is 5.08. The summed E-state index contributed by atoms with van der Waals surface area (Å²) in [6.45, 7) is 7.91. The van der Waals surface area contributed by atoms with Crippen molar-refractivity contribution in [3.8, 4) is 0 Å². The van der Waals surface area contributed by atoms with E-state index in [-0.39, 0.29) is 6.61 Å². The van der Waals surface area contributed by atoms with Crippen molar-refractivity contribution in [3.05, 3.63) is 12.7 Å². The third-order valence-electron chi connectivity index (χ3n) is 1.71. The summed E-state index contributed by atoms with van der Waals surface area (Å²) in [6.07, 6.45) is 1.43. The molecule has 0 rings (SSSR count). The molecule has 3 N–H and O–H groups in total. The van der Waals surface area contributed by atoms with E-state index < -0.39 is 29.7 Å². The normalized spacial score (nSPS) is 14.8. The largest absolute Gasteiger partial charge is 0.479 e. The summed E-state index contributed by atoms with van der Waals surface area (Å²) in [4.78, 5) is 22.7. The van der Waals surface area contributed by atoms with Crippen LogP contribution >= 0.6 is 0 Å². The van der Waals surface area contributed by atoms with Crippen molar-refractivity contribution in [1.82, 2.24) is 0 Å². The Morgan fingerprint density at radius 3 is 2.29 bits per heavy atom. The average molecular weight is 245 g/mol.